The Hall–Kier alpha value is -2.62. The molecule has 0 spiro atoms. The summed E-state index contributed by atoms with van der Waals surface area (Å²) in [5.74, 6) is 0. The smallest absolute Gasteiger partial charge is 0.0691 e. The summed E-state index contributed by atoms with van der Waals surface area (Å²) >= 11 is 0. The number of rotatable bonds is 3. The van der Waals surface area contributed by atoms with Crippen molar-refractivity contribution in [1.29, 1.82) is 0 Å². The van der Waals surface area contributed by atoms with Crippen molar-refractivity contribution in [3.8, 4) is 11.3 Å². The minimum absolute atomic E-state index is 0.319. The molecule has 0 radical (unpaired) electrons. The van der Waals surface area contributed by atoms with Gasteiger partial charge in [-0.1, -0.05) is 18.2 Å². The molecule has 1 aliphatic carbocycles. The molecule has 1 aromatic carbocycles. The molecule has 104 valence electrons. The van der Waals surface area contributed by atoms with Crippen LogP contribution in [-0.4, -0.2) is 15.2 Å². The molecule has 1 aliphatic rings. The van der Waals surface area contributed by atoms with Crippen molar-refractivity contribution in [2.75, 3.05) is 5.32 Å². The summed E-state index contributed by atoms with van der Waals surface area (Å²) in [6.45, 7) is 0. The van der Waals surface area contributed by atoms with Gasteiger partial charge in [0.15, 0.2) is 0 Å². The number of hydrogen-bond donors (Lipinski definition) is 2. The number of aromatic nitrogens is 3. The Morgan fingerprint density at radius 2 is 1.95 bits per heavy atom. The standard InChI is InChI=1S/C17H16N4/c1-2-13-5-8-16(17(13)18-10-1)20-14-6-3-12(4-7-14)15-9-11-19-21-15/h1-4,6-7,9-11,16,20H,5,8H2,(H,19,21). The molecule has 4 rings (SSSR count). The molecule has 3 aromatic rings. The second-order valence-corrected chi connectivity index (χ2v) is 5.33. The second kappa shape index (κ2) is 5.05. The Labute approximate surface area is 123 Å². The Morgan fingerprint density at radius 3 is 2.76 bits per heavy atom. The van der Waals surface area contributed by atoms with Crippen LogP contribution < -0.4 is 5.32 Å². The van der Waals surface area contributed by atoms with Gasteiger partial charge in [-0.15, -0.1) is 0 Å². The number of fused-ring (bicyclic) bond motifs is 1. The average Bonchev–Trinajstić information content (AvgIpc) is 3.19. The van der Waals surface area contributed by atoms with Crippen LogP contribution in [0.15, 0.2) is 54.9 Å². The number of benzene rings is 1. The zero-order valence-electron chi connectivity index (χ0n) is 11.6. The lowest BCUT2D eigenvalue weighted by Gasteiger charge is -2.14. The molecule has 4 heteroatoms. The van der Waals surface area contributed by atoms with Crippen molar-refractivity contribution in [2.24, 2.45) is 0 Å². The molecular weight excluding hydrogens is 260 g/mol. The van der Waals surface area contributed by atoms with Crippen LogP contribution in [0, 0.1) is 0 Å². The van der Waals surface area contributed by atoms with Crippen LogP contribution in [0.2, 0.25) is 0 Å². The van der Waals surface area contributed by atoms with E-state index in [1.54, 1.807) is 6.20 Å². The van der Waals surface area contributed by atoms with Crippen LogP contribution in [0.5, 0.6) is 0 Å². The summed E-state index contributed by atoms with van der Waals surface area (Å²) < 4.78 is 0. The van der Waals surface area contributed by atoms with Crippen molar-refractivity contribution >= 4 is 5.69 Å². The second-order valence-electron chi connectivity index (χ2n) is 5.33. The third kappa shape index (κ3) is 2.29. The first-order valence-electron chi connectivity index (χ1n) is 7.20. The maximum atomic E-state index is 4.52. The molecule has 1 unspecified atom stereocenters. The highest BCUT2D eigenvalue weighted by Crippen LogP contribution is 2.32. The molecule has 1 atom stereocenters. The molecule has 0 saturated carbocycles. The zero-order chi connectivity index (χ0) is 14.1. The van der Waals surface area contributed by atoms with E-state index < -0.39 is 0 Å². The van der Waals surface area contributed by atoms with Crippen LogP contribution >= 0.6 is 0 Å². The van der Waals surface area contributed by atoms with Gasteiger partial charge in [-0.2, -0.15) is 5.10 Å². The van der Waals surface area contributed by atoms with Gasteiger partial charge < -0.3 is 5.32 Å². The largest absolute Gasteiger partial charge is 0.377 e. The molecule has 0 amide bonds. The number of anilines is 1. The summed E-state index contributed by atoms with van der Waals surface area (Å²) in [6.07, 6.45) is 5.85. The topological polar surface area (TPSA) is 53.6 Å². The number of aromatic amines is 1. The fourth-order valence-electron chi connectivity index (χ4n) is 2.92. The van der Waals surface area contributed by atoms with Gasteiger partial charge >= 0.3 is 0 Å². The molecule has 0 fully saturated rings. The predicted molar refractivity (Wildman–Crippen MR) is 82.9 cm³/mol. The minimum Gasteiger partial charge on any atom is -0.377 e. The first-order valence-corrected chi connectivity index (χ1v) is 7.20. The lowest BCUT2D eigenvalue weighted by Crippen LogP contribution is -2.08. The number of hydrogen-bond acceptors (Lipinski definition) is 3. The maximum Gasteiger partial charge on any atom is 0.0691 e. The van der Waals surface area contributed by atoms with Gasteiger partial charge in [-0.05, 0) is 48.2 Å². The van der Waals surface area contributed by atoms with Gasteiger partial charge in [0.1, 0.15) is 0 Å². The van der Waals surface area contributed by atoms with E-state index in [2.05, 4.69) is 50.8 Å². The van der Waals surface area contributed by atoms with E-state index in [9.17, 15) is 0 Å². The van der Waals surface area contributed by atoms with Crippen LogP contribution in [0.25, 0.3) is 11.3 Å². The molecule has 0 saturated heterocycles. The Bertz CT molecular complexity index is 732. The fourth-order valence-corrected chi connectivity index (χ4v) is 2.92. The first kappa shape index (κ1) is 12.1. The molecule has 0 bridgehead atoms. The molecule has 2 aromatic heterocycles. The van der Waals surface area contributed by atoms with Crippen molar-refractivity contribution in [1.82, 2.24) is 15.2 Å². The third-order valence-corrected chi connectivity index (χ3v) is 4.00. The fraction of sp³-hybridized carbons (Fsp3) is 0.176. The van der Waals surface area contributed by atoms with Gasteiger partial charge in [0.05, 0.1) is 17.4 Å². The Morgan fingerprint density at radius 1 is 1.05 bits per heavy atom. The van der Waals surface area contributed by atoms with E-state index in [0.717, 1.165) is 29.8 Å². The molecule has 0 aliphatic heterocycles. The van der Waals surface area contributed by atoms with Crippen LogP contribution in [0.3, 0.4) is 0 Å². The number of H-pyrrole nitrogens is 1. The lowest BCUT2D eigenvalue weighted by molar-refractivity contribution is 0.746. The summed E-state index contributed by atoms with van der Waals surface area (Å²) in [7, 11) is 0. The Balaban J connectivity index is 1.53. The highest BCUT2D eigenvalue weighted by molar-refractivity contribution is 5.62. The number of aryl methyl sites for hydroxylation is 1. The van der Waals surface area contributed by atoms with Crippen molar-refractivity contribution in [2.45, 2.75) is 18.9 Å². The minimum atomic E-state index is 0.319. The molecule has 4 nitrogen and oxygen atoms in total. The van der Waals surface area contributed by atoms with E-state index >= 15 is 0 Å². The van der Waals surface area contributed by atoms with E-state index in [1.807, 2.05) is 18.3 Å². The summed E-state index contributed by atoms with van der Waals surface area (Å²) in [5, 5.41) is 10.5. The zero-order valence-corrected chi connectivity index (χ0v) is 11.6. The lowest BCUT2D eigenvalue weighted by atomic mass is 10.1. The normalized spacial score (nSPS) is 16.7. The van der Waals surface area contributed by atoms with Crippen LogP contribution in [0.1, 0.15) is 23.7 Å². The number of pyridine rings is 1. The first-order chi connectivity index (χ1) is 10.4. The van der Waals surface area contributed by atoms with Crippen LogP contribution in [-0.2, 0) is 6.42 Å². The predicted octanol–water partition coefficient (Wildman–Crippen LogP) is 3.57. The van der Waals surface area contributed by atoms with Crippen molar-refractivity contribution in [3.05, 3.63) is 66.1 Å². The summed E-state index contributed by atoms with van der Waals surface area (Å²) in [6, 6.07) is 14.9. The van der Waals surface area contributed by atoms with Gasteiger partial charge in [0.2, 0.25) is 0 Å². The highest BCUT2D eigenvalue weighted by atomic mass is 15.1. The number of nitrogens with zero attached hydrogens (tertiary/aromatic N) is 2. The van der Waals surface area contributed by atoms with E-state index in [1.165, 1.54) is 11.3 Å². The SMILES string of the molecule is c1cnc2c(c1)CCC2Nc1ccc(-c2ccn[nH]2)cc1. The van der Waals surface area contributed by atoms with E-state index in [4.69, 9.17) is 0 Å². The molecule has 2 heterocycles. The van der Waals surface area contributed by atoms with Gasteiger partial charge in [0.25, 0.3) is 0 Å². The van der Waals surface area contributed by atoms with E-state index in [-0.39, 0.29) is 0 Å². The quantitative estimate of drug-likeness (QED) is 0.769. The monoisotopic (exact) mass is 276 g/mol. The average molecular weight is 276 g/mol. The third-order valence-electron chi connectivity index (χ3n) is 4.00. The molecular formula is C17H16N4. The Kier molecular flexibility index (Phi) is 2.92. The number of nitrogens with one attached hydrogen (secondary N) is 2. The van der Waals surface area contributed by atoms with Gasteiger partial charge in [-0.3, -0.25) is 10.1 Å². The maximum absolute atomic E-state index is 4.52. The van der Waals surface area contributed by atoms with Gasteiger partial charge in [-0.25, -0.2) is 0 Å². The van der Waals surface area contributed by atoms with Crippen molar-refractivity contribution < 1.29 is 0 Å². The summed E-state index contributed by atoms with van der Waals surface area (Å²) in [4.78, 5) is 4.52. The van der Waals surface area contributed by atoms with Gasteiger partial charge in [0, 0.05) is 18.1 Å². The van der Waals surface area contributed by atoms with Crippen LogP contribution in [0.4, 0.5) is 5.69 Å². The van der Waals surface area contributed by atoms with E-state index in [0.29, 0.717) is 6.04 Å². The highest BCUT2D eigenvalue weighted by Gasteiger charge is 2.23. The summed E-state index contributed by atoms with van der Waals surface area (Å²) in [5.41, 5.74) is 5.86. The molecule has 21 heavy (non-hydrogen) atoms. The van der Waals surface area contributed by atoms with Crippen molar-refractivity contribution in [3.63, 3.8) is 0 Å². The molecule has 2 N–H and O–H groups in total.